The largest absolute Gasteiger partial charge is 0.318 e. The third-order valence-electron chi connectivity index (χ3n) is 6.31. The first-order valence-corrected chi connectivity index (χ1v) is 14.8. The van der Waals surface area contributed by atoms with E-state index in [0.29, 0.717) is 15.1 Å². The first-order valence-electron chi connectivity index (χ1n) is 12.2. The van der Waals surface area contributed by atoms with Crippen LogP contribution in [0.2, 0.25) is 15.1 Å². The van der Waals surface area contributed by atoms with Gasteiger partial charge in [-0.15, -0.1) is 0 Å². The minimum Gasteiger partial charge on any atom is -0.318 e. The predicted octanol–water partition coefficient (Wildman–Crippen LogP) is 7.02. The fourth-order valence-electron chi connectivity index (χ4n) is 4.21. The molecule has 0 atom stereocenters. The molecule has 4 aromatic rings. The molecule has 0 saturated heterocycles. The molecule has 0 radical (unpaired) electrons. The summed E-state index contributed by atoms with van der Waals surface area (Å²) in [6.07, 6.45) is 1.50. The van der Waals surface area contributed by atoms with E-state index in [0.717, 1.165) is 38.1 Å². The fraction of sp³-hybridized carbons (Fsp3) is 0.172. The first-order chi connectivity index (χ1) is 18.9. The van der Waals surface area contributed by atoms with Gasteiger partial charge < -0.3 is 4.57 Å². The highest BCUT2D eigenvalue weighted by Crippen LogP contribution is 2.29. The molecule has 7 nitrogen and oxygen atoms in total. The van der Waals surface area contributed by atoms with Gasteiger partial charge in [-0.05, 0) is 81.8 Å². The quantitative estimate of drug-likeness (QED) is 0.170. The Morgan fingerprint density at radius 1 is 0.925 bits per heavy atom. The van der Waals surface area contributed by atoms with Crippen LogP contribution in [0.5, 0.6) is 0 Å². The highest BCUT2D eigenvalue weighted by Gasteiger charge is 2.27. The zero-order chi connectivity index (χ0) is 29.2. The Bertz CT molecular complexity index is 1700. The summed E-state index contributed by atoms with van der Waals surface area (Å²) in [7, 11) is -4.08. The zero-order valence-corrected chi connectivity index (χ0v) is 25.3. The van der Waals surface area contributed by atoms with Crippen LogP contribution in [-0.4, -0.2) is 31.7 Å². The van der Waals surface area contributed by atoms with Crippen LogP contribution in [0, 0.1) is 27.7 Å². The van der Waals surface area contributed by atoms with E-state index in [1.54, 1.807) is 42.5 Å². The number of carbonyl (C=O) groups is 1. The smallest absolute Gasteiger partial charge is 0.264 e. The van der Waals surface area contributed by atoms with Gasteiger partial charge in [-0.1, -0.05) is 58.6 Å². The Labute approximate surface area is 249 Å². The number of aryl methyl sites for hydroxylation is 3. The molecule has 0 saturated carbocycles. The van der Waals surface area contributed by atoms with Crippen LogP contribution >= 0.6 is 34.8 Å². The summed E-state index contributed by atoms with van der Waals surface area (Å²) >= 11 is 18.7. The van der Waals surface area contributed by atoms with Crippen molar-refractivity contribution in [2.24, 2.45) is 5.10 Å². The molecule has 0 fully saturated rings. The minimum absolute atomic E-state index is 0.0552. The molecule has 1 N–H and O–H groups in total. The van der Waals surface area contributed by atoms with Crippen LogP contribution < -0.4 is 9.73 Å². The highest BCUT2D eigenvalue weighted by molar-refractivity contribution is 7.92. The lowest BCUT2D eigenvalue weighted by molar-refractivity contribution is -0.119. The number of rotatable bonds is 8. The summed E-state index contributed by atoms with van der Waals surface area (Å²) in [6, 6.07) is 18.4. The van der Waals surface area contributed by atoms with Crippen molar-refractivity contribution in [3.63, 3.8) is 0 Å². The van der Waals surface area contributed by atoms with Gasteiger partial charge >= 0.3 is 0 Å². The number of aromatic nitrogens is 1. The molecule has 208 valence electrons. The van der Waals surface area contributed by atoms with Gasteiger partial charge in [0, 0.05) is 37.7 Å². The molecule has 0 aliphatic carbocycles. The molecular weight excluding hydrogens is 591 g/mol. The lowest BCUT2D eigenvalue weighted by atomic mass is 10.2. The highest BCUT2D eigenvalue weighted by atomic mass is 35.5. The first kappa shape index (κ1) is 29.7. The summed E-state index contributed by atoms with van der Waals surface area (Å²) in [5.41, 5.74) is 7.72. The van der Waals surface area contributed by atoms with Crippen molar-refractivity contribution in [3.8, 4) is 5.69 Å². The number of hydrazone groups is 1. The maximum atomic E-state index is 13.6. The predicted molar refractivity (Wildman–Crippen MR) is 163 cm³/mol. The molecule has 40 heavy (non-hydrogen) atoms. The van der Waals surface area contributed by atoms with Gasteiger partial charge in [-0.25, -0.2) is 13.8 Å². The van der Waals surface area contributed by atoms with Crippen LogP contribution in [-0.2, 0) is 14.8 Å². The normalized spacial score (nSPS) is 11.7. The van der Waals surface area contributed by atoms with Gasteiger partial charge in [-0.2, -0.15) is 5.10 Å². The summed E-state index contributed by atoms with van der Waals surface area (Å²) in [4.78, 5) is 13.0. The van der Waals surface area contributed by atoms with E-state index in [1.165, 1.54) is 24.4 Å². The number of nitrogens with one attached hydrogen (secondary N) is 1. The van der Waals surface area contributed by atoms with E-state index in [9.17, 15) is 13.2 Å². The van der Waals surface area contributed by atoms with Gasteiger partial charge in [-0.3, -0.25) is 9.10 Å². The summed E-state index contributed by atoms with van der Waals surface area (Å²) < 4.78 is 30.1. The van der Waals surface area contributed by atoms with Gasteiger partial charge in [0.25, 0.3) is 15.9 Å². The SMILES string of the molecule is Cc1ccc(S(=O)(=O)N(CC(=O)N/N=C\c2cc(C)n(-c3cc(Cl)cc(Cl)c3)c2C)c2ccc(C)c(Cl)c2)cc1. The number of sulfonamides is 1. The lowest BCUT2D eigenvalue weighted by Crippen LogP contribution is -2.39. The molecule has 1 aromatic heterocycles. The zero-order valence-electron chi connectivity index (χ0n) is 22.2. The fourth-order valence-corrected chi connectivity index (χ4v) is 6.32. The molecule has 0 bridgehead atoms. The number of nitrogens with zero attached hydrogens (tertiary/aromatic N) is 3. The third-order valence-corrected chi connectivity index (χ3v) is 8.94. The standard InChI is InChI=1S/C29H27Cl3N4O3S/c1-18-5-9-27(10-6-18)40(38,39)35(25-8-7-19(2)28(32)15-25)17-29(37)34-33-16-22-11-20(3)36(21(22)4)26-13-23(30)12-24(31)14-26/h5-16H,17H2,1-4H3,(H,34,37)/b33-16-. The van der Waals surface area contributed by atoms with Crippen molar-refractivity contribution in [3.05, 3.63) is 110 Å². The molecule has 1 amide bonds. The number of carbonyl (C=O) groups excluding carboxylic acids is 1. The van der Waals surface area contributed by atoms with E-state index in [2.05, 4.69) is 10.5 Å². The summed E-state index contributed by atoms with van der Waals surface area (Å²) in [5, 5.41) is 5.50. The second kappa shape index (κ2) is 12.1. The second-order valence-electron chi connectivity index (χ2n) is 9.34. The van der Waals surface area contributed by atoms with Crippen molar-refractivity contribution in [1.82, 2.24) is 9.99 Å². The molecule has 0 spiro atoms. The number of anilines is 1. The average molecular weight is 618 g/mol. The van der Waals surface area contributed by atoms with E-state index in [-0.39, 0.29) is 10.6 Å². The second-order valence-corrected chi connectivity index (χ2v) is 12.5. The Kier molecular flexibility index (Phi) is 8.95. The summed E-state index contributed by atoms with van der Waals surface area (Å²) in [5.74, 6) is -0.626. The maximum absolute atomic E-state index is 13.6. The monoisotopic (exact) mass is 616 g/mol. The summed E-state index contributed by atoms with van der Waals surface area (Å²) in [6.45, 7) is 7.00. The van der Waals surface area contributed by atoms with Crippen molar-refractivity contribution >= 4 is 62.6 Å². The number of amides is 1. The molecule has 0 aliphatic rings. The lowest BCUT2D eigenvalue weighted by Gasteiger charge is -2.24. The number of hydrogen-bond acceptors (Lipinski definition) is 4. The topological polar surface area (TPSA) is 83.8 Å². The Morgan fingerprint density at radius 2 is 1.57 bits per heavy atom. The average Bonchev–Trinajstić information content (AvgIpc) is 3.16. The van der Waals surface area contributed by atoms with Crippen LogP contribution in [0.15, 0.2) is 76.7 Å². The molecule has 0 aliphatic heterocycles. The number of hydrogen-bond donors (Lipinski definition) is 1. The minimum atomic E-state index is -4.08. The molecule has 11 heteroatoms. The Hall–Kier alpha value is -3.30. The van der Waals surface area contributed by atoms with Crippen LogP contribution in [0.3, 0.4) is 0 Å². The van der Waals surface area contributed by atoms with Gasteiger partial charge in [0.05, 0.1) is 16.8 Å². The molecule has 1 heterocycles. The molecule has 0 unspecified atom stereocenters. The molecule has 3 aromatic carbocycles. The van der Waals surface area contributed by atoms with Gasteiger partial charge in [0.2, 0.25) is 0 Å². The van der Waals surface area contributed by atoms with Crippen LogP contribution in [0.4, 0.5) is 5.69 Å². The Balaban J connectivity index is 1.58. The van der Waals surface area contributed by atoms with Gasteiger partial charge in [0.15, 0.2) is 0 Å². The van der Waals surface area contributed by atoms with Gasteiger partial charge in [0.1, 0.15) is 6.54 Å². The van der Waals surface area contributed by atoms with E-state index >= 15 is 0 Å². The van der Waals surface area contributed by atoms with E-state index in [1.807, 2.05) is 38.3 Å². The third kappa shape index (κ3) is 6.53. The van der Waals surface area contributed by atoms with Crippen LogP contribution in [0.25, 0.3) is 5.69 Å². The van der Waals surface area contributed by atoms with Crippen molar-refractivity contribution in [2.45, 2.75) is 32.6 Å². The number of benzene rings is 3. The molecular formula is C29H27Cl3N4O3S. The Morgan fingerprint density at radius 3 is 2.20 bits per heavy atom. The maximum Gasteiger partial charge on any atom is 0.264 e. The van der Waals surface area contributed by atoms with Crippen molar-refractivity contribution < 1.29 is 13.2 Å². The van der Waals surface area contributed by atoms with Crippen molar-refractivity contribution in [2.75, 3.05) is 10.8 Å². The van der Waals surface area contributed by atoms with Crippen LogP contribution in [0.1, 0.15) is 28.1 Å². The van der Waals surface area contributed by atoms with E-state index < -0.39 is 22.5 Å². The molecule has 4 rings (SSSR count). The number of halogens is 3. The van der Waals surface area contributed by atoms with E-state index in [4.69, 9.17) is 34.8 Å². The van der Waals surface area contributed by atoms with Crippen molar-refractivity contribution in [1.29, 1.82) is 0 Å².